The number of benzene rings is 1. The molecule has 0 radical (unpaired) electrons. The molecule has 16 heavy (non-hydrogen) atoms. The predicted octanol–water partition coefficient (Wildman–Crippen LogP) is 2.08. The molecule has 0 saturated carbocycles. The van der Waals surface area contributed by atoms with E-state index in [2.05, 4.69) is 13.8 Å². The second-order valence-corrected chi connectivity index (χ2v) is 4.57. The van der Waals surface area contributed by atoms with Gasteiger partial charge < -0.3 is 10.6 Å². The van der Waals surface area contributed by atoms with Crippen LogP contribution in [0, 0.1) is 5.92 Å². The first-order valence-corrected chi connectivity index (χ1v) is 5.68. The van der Waals surface area contributed by atoms with Crippen LogP contribution in [0.25, 0.3) is 0 Å². The third kappa shape index (κ3) is 1.52. The van der Waals surface area contributed by atoms with Gasteiger partial charge in [0.1, 0.15) is 0 Å². The molecular formula is C13H18N2O. The number of carbonyl (C=O) groups is 1. The highest BCUT2D eigenvalue weighted by Gasteiger charge is 2.35. The number of nitrogens with two attached hydrogens (primary N) is 1. The molecule has 0 aliphatic carbocycles. The van der Waals surface area contributed by atoms with Crippen molar-refractivity contribution in [3.63, 3.8) is 0 Å². The molecule has 1 amide bonds. The molecule has 0 bridgehead atoms. The Morgan fingerprint density at radius 1 is 1.31 bits per heavy atom. The first-order chi connectivity index (χ1) is 7.54. The van der Waals surface area contributed by atoms with Crippen LogP contribution in [0.5, 0.6) is 0 Å². The highest BCUT2D eigenvalue weighted by atomic mass is 16.2. The van der Waals surface area contributed by atoms with Crippen LogP contribution < -0.4 is 10.6 Å². The summed E-state index contributed by atoms with van der Waals surface area (Å²) in [6.45, 7) is 5.76. The monoisotopic (exact) mass is 218 g/mol. The summed E-state index contributed by atoms with van der Waals surface area (Å²) in [6, 6.07) is 8.07. The van der Waals surface area contributed by atoms with Gasteiger partial charge in [-0.1, -0.05) is 25.1 Å². The molecule has 1 aliphatic rings. The van der Waals surface area contributed by atoms with Gasteiger partial charge >= 0.3 is 0 Å². The van der Waals surface area contributed by atoms with E-state index in [9.17, 15) is 4.79 Å². The fourth-order valence-electron chi connectivity index (χ4n) is 2.48. The second kappa shape index (κ2) is 3.91. The lowest BCUT2D eigenvalue weighted by molar-refractivity contribution is -0.117. The van der Waals surface area contributed by atoms with E-state index in [0.717, 1.165) is 11.3 Å². The van der Waals surface area contributed by atoms with Gasteiger partial charge in [0.25, 0.3) is 0 Å². The number of carbonyl (C=O) groups excluding carboxylic acids is 1. The van der Waals surface area contributed by atoms with E-state index >= 15 is 0 Å². The summed E-state index contributed by atoms with van der Waals surface area (Å²) in [5.74, 6) is 0.359. The lowest BCUT2D eigenvalue weighted by Gasteiger charge is -2.42. The molecule has 1 heterocycles. The molecule has 0 saturated heterocycles. The summed E-state index contributed by atoms with van der Waals surface area (Å²) < 4.78 is 0. The minimum atomic E-state index is 0.0156. The third-order valence-electron chi connectivity index (χ3n) is 3.63. The number of hydrogen-bond donors (Lipinski definition) is 1. The van der Waals surface area contributed by atoms with Crippen molar-refractivity contribution < 1.29 is 4.79 Å². The fourth-order valence-corrected chi connectivity index (χ4v) is 2.48. The SMILES string of the molecule is CC(=O)N1c2ccccc2[C@H](N)C(C)[C@@H]1C. The average molecular weight is 218 g/mol. The lowest BCUT2D eigenvalue weighted by Crippen LogP contribution is -2.48. The molecule has 1 aromatic rings. The Hall–Kier alpha value is -1.35. The van der Waals surface area contributed by atoms with Crippen LogP contribution in [0.4, 0.5) is 5.69 Å². The zero-order chi connectivity index (χ0) is 11.9. The average Bonchev–Trinajstić information content (AvgIpc) is 2.26. The highest BCUT2D eigenvalue weighted by molar-refractivity contribution is 5.93. The van der Waals surface area contributed by atoms with E-state index in [4.69, 9.17) is 5.73 Å². The second-order valence-electron chi connectivity index (χ2n) is 4.57. The predicted molar refractivity (Wildman–Crippen MR) is 65.2 cm³/mol. The smallest absolute Gasteiger partial charge is 0.224 e. The maximum atomic E-state index is 11.7. The van der Waals surface area contributed by atoms with Gasteiger partial charge in [0, 0.05) is 24.7 Å². The molecule has 2 N–H and O–H groups in total. The lowest BCUT2D eigenvalue weighted by atomic mass is 9.83. The van der Waals surface area contributed by atoms with E-state index in [-0.39, 0.29) is 23.9 Å². The molecular weight excluding hydrogens is 200 g/mol. The van der Waals surface area contributed by atoms with Crippen LogP contribution >= 0.6 is 0 Å². The molecule has 3 nitrogen and oxygen atoms in total. The van der Waals surface area contributed by atoms with Crippen molar-refractivity contribution in [3.05, 3.63) is 29.8 Å². The number of amides is 1. The van der Waals surface area contributed by atoms with Gasteiger partial charge in [-0.15, -0.1) is 0 Å². The zero-order valence-corrected chi connectivity index (χ0v) is 9.97. The van der Waals surface area contributed by atoms with Crippen molar-refractivity contribution in [2.24, 2.45) is 11.7 Å². The Bertz CT molecular complexity index is 416. The molecule has 2 rings (SSSR count). The molecule has 0 aromatic heterocycles. The summed E-state index contributed by atoms with van der Waals surface area (Å²) in [6.07, 6.45) is 0. The Kier molecular flexibility index (Phi) is 2.72. The Balaban J connectivity index is 2.56. The van der Waals surface area contributed by atoms with Crippen LogP contribution in [0.3, 0.4) is 0 Å². The number of rotatable bonds is 0. The van der Waals surface area contributed by atoms with E-state index in [1.165, 1.54) is 0 Å². The number of para-hydroxylation sites is 1. The van der Waals surface area contributed by atoms with E-state index in [1.54, 1.807) is 6.92 Å². The quantitative estimate of drug-likeness (QED) is 0.724. The number of fused-ring (bicyclic) bond motifs is 1. The Morgan fingerprint density at radius 3 is 2.56 bits per heavy atom. The van der Waals surface area contributed by atoms with Gasteiger partial charge in [0.2, 0.25) is 5.91 Å². The van der Waals surface area contributed by atoms with Gasteiger partial charge in [-0.2, -0.15) is 0 Å². The summed E-state index contributed by atoms with van der Waals surface area (Å²) in [7, 11) is 0. The van der Waals surface area contributed by atoms with E-state index in [0.29, 0.717) is 0 Å². The van der Waals surface area contributed by atoms with E-state index < -0.39 is 0 Å². The minimum absolute atomic E-state index is 0.0156. The summed E-state index contributed by atoms with van der Waals surface area (Å²) in [5.41, 5.74) is 8.24. The van der Waals surface area contributed by atoms with Gasteiger partial charge in [-0.3, -0.25) is 4.79 Å². The maximum Gasteiger partial charge on any atom is 0.224 e. The molecule has 0 spiro atoms. The van der Waals surface area contributed by atoms with Gasteiger partial charge in [0.05, 0.1) is 0 Å². The number of anilines is 1. The molecule has 86 valence electrons. The zero-order valence-electron chi connectivity index (χ0n) is 9.97. The van der Waals surface area contributed by atoms with Crippen molar-refractivity contribution in [2.45, 2.75) is 32.9 Å². The molecule has 1 unspecified atom stereocenters. The Labute approximate surface area is 96.2 Å². The standard InChI is InChI=1S/C13H18N2O/c1-8-9(2)15(10(3)16)12-7-5-4-6-11(12)13(8)14/h4-9,13H,14H2,1-3H3/t8?,9-,13+/m0/s1. The topological polar surface area (TPSA) is 46.3 Å². The molecule has 3 heteroatoms. The minimum Gasteiger partial charge on any atom is -0.324 e. The molecule has 1 aliphatic heterocycles. The van der Waals surface area contributed by atoms with Crippen LogP contribution in [0.1, 0.15) is 32.4 Å². The number of nitrogens with zero attached hydrogens (tertiary/aromatic N) is 1. The van der Waals surface area contributed by atoms with Crippen molar-refractivity contribution in [3.8, 4) is 0 Å². The van der Waals surface area contributed by atoms with Crippen LogP contribution in [0.15, 0.2) is 24.3 Å². The van der Waals surface area contributed by atoms with Crippen molar-refractivity contribution in [1.29, 1.82) is 0 Å². The third-order valence-corrected chi connectivity index (χ3v) is 3.63. The largest absolute Gasteiger partial charge is 0.324 e. The van der Waals surface area contributed by atoms with Crippen LogP contribution in [-0.4, -0.2) is 11.9 Å². The normalized spacial score (nSPS) is 28.8. The van der Waals surface area contributed by atoms with Gasteiger partial charge in [-0.05, 0) is 24.5 Å². The van der Waals surface area contributed by atoms with Crippen molar-refractivity contribution in [2.75, 3.05) is 4.90 Å². The number of hydrogen-bond acceptors (Lipinski definition) is 2. The molecule has 3 atom stereocenters. The van der Waals surface area contributed by atoms with Crippen molar-refractivity contribution in [1.82, 2.24) is 0 Å². The summed E-state index contributed by atoms with van der Waals surface area (Å²) in [4.78, 5) is 13.6. The maximum absolute atomic E-state index is 11.7. The molecule has 0 fully saturated rings. The van der Waals surface area contributed by atoms with Crippen molar-refractivity contribution >= 4 is 11.6 Å². The van der Waals surface area contributed by atoms with Gasteiger partial charge in [-0.25, -0.2) is 0 Å². The fraction of sp³-hybridized carbons (Fsp3) is 0.462. The summed E-state index contributed by atoms with van der Waals surface area (Å²) in [5, 5.41) is 0. The summed E-state index contributed by atoms with van der Waals surface area (Å²) >= 11 is 0. The van der Waals surface area contributed by atoms with E-state index in [1.807, 2.05) is 29.2 Å². The van der Waals surface area contributed by atoms with Gasteiger partial charge in [0.15, 0.2) is 0 Å². The highest BCUT2D eigenvalue weighted by Crippen LogP contribution is 2.38. The molecule has 1 aromatic carbocycles. The Morgan fingerprint density at radius 2 is 1.94 bits per heavy atom. The first-order valence-electron chi connectivity index (χ1n) is 5.68. The van der Waals surface area contributed by atoms with Crippen LogP contribution in [-0.2, 0) is 4.79 Å². The first kappa shape index (κ1) is 11.1. The van der Waals surface area contributed by atoms with Crippen LogP contribution in [0.2, 0.25) is 0 Å².